The number of aromatic nitrogens is 1. The number of hydrogen-bond acceptors (Lipinski definition) is 7. The van der Waals surface area contributed by atoms with Crippen molar-refractivity contribution in [3.63, 3.8) is 0 Å². The number of amides is 1. The molecule has 0 spiro atoms. The van der Waals surface area contributed by atoms with E-state index in [0.717, 1.165) is 29.5 Å². The van der Waals surface area contributed by atoms with Crippen LogP contribution in [0.4, 0.5) is 9.52 Å². The molecular formula is C21H21FN3NaO4S. The standard InChI is InChI=1S/C21H22FN3O4S.Na/c1-9(26)15-17-12-4-2-3-10(16(12)18(20(28)29)25(17)19(15)27)8-23-21-24-13-6-5-11(22)7-14(13)30-21;/h5-7,9-10,12,15,17,26H,2-4,8H2,1H3,(H,23,24)(H,28,29);/q;+1/p-1/t9-,10-,12+,15-,17-;/m1./s1. The Morgan fingerprint density at radius 2 is 2.23 bits per heavy atom. The van der Waals surface area contributed by atoms with Gasteiger partial charge in [-0.05, 0) is 49.5 Å². The maximum Gasteiger partial charge on any atom is 1.00 e. The second-order valence-corrected chi connectivity index (χ2v) is 9.33. The van der Waals surface area contributed by atoms with Gasteiger partial charge in [-0.3, -0.25) is 4.79 Å². The molecule has 1 aromatic carbocycles. The summed E-state index contributed by atoms with van der Waals surface area (Å²) in [6, 6.07) is 4.14. The Morgan fingerprint density at radius 1 is 1.45 bits per heavy atom. The molecular weight excluding hydrogens is 432 g/mol. The first-order chi connectivity index (χ1) is 14.4. The van der Waals surface area contributed by atoms with Crippen LogP contribution < -0.4 is 40.0 Å². The van der Waals surface area contributed by atoms with Crippen molar-refractivity contribution in [2.45, 2.75) is 38.3 Å². The molecule has 0 bridgehead atoms. The summed E-state index contributed by atoms with van der Waals surface area (Å²) in [5.41, 5.74) is 1.45. The van der Waals surface area contributed by atoms with Crippen LogP contribution in [0.1, 0.15) is 26.2 Å². The number of carbonyl (C=O) groups is 2. The number of carbonyl (C=O) groups excluding carboxylic acids is 2. The Bertz CT molecular complexity index is 1090. The van der Waals surface area contributed by atoms with E-state index in [0.29, 0.717) is 17.2 Å². The van der Waals surface area contributed by atoms with Gasteiger partial charge in [0, 0.05) is 12.5 Å². The first-order valence-electron chi connectivity index (χ1n) is 10.1. The number of rotatable bonds is 5. The molecule has 3 heterocycles. The van der Waals surface area contributed by atoms with Gasteiger partial charge in [0.25, 0.3) is 0 Å². The summed E-state index contributed by atoms with van der Waals surface area (Å²) in [6.45, 7) is 2.05. The molecule has 0 unspecified atom stereocenters. The number of aliphatic hydroxyl groups excluding tert-OH is 1. The Labute approximate surface area is 204 Å². The van der Waals surface area contributed by atoms with E-state index in [1.165, 1.54) is 28.4 Å². The van der Waals surface area contributed by atoms with Crippen LogP contribution in [0.5, 0.6) is 0 Å². The van der Waals surface area contributed by atoms with Crippen molar-refractivity contribution in [1.29, 1.82) is 0 Å². The number of aliphatic hydroxyl groups is 1. The Morgan fingerprint density at radius 3 is 2.94 bits per heavy atom. The van der Waals surface area contributed by atoms with Gasteiger partial charge in [0.1, 0.15) is 5.82 Å². The Balaban J connectivity index is 0.00000231. The van der Waals surface area contributed by atoms with Gasteiger partial charge in [0.05, 0.1) is 39.9 Å². The van der Waals surface area contributed by atoms with Crippen molar-refractivity contribution in [2.75, 3.05) is 11.9 Å². The first kappa shape index (κ1) is 22.7. The number of benzene rings is 1. The normalized spacial score (nSPS) is 28.0. The summed E-state index contributed by atoms with van der Waals surface area (Å²) in [5, 5.41) is 25.9. The number of anilines is 1. The van der Waals surface area contributed by atoms with Crippen molar-refractivity contribution in [2.24, 2.45) is 17.8 Å². The minimum Gasteiger partial charge on any atom is -0.543 e. The fraction of sp³-hybridized carbons (Fsp3) is 0.476. The molecule has 10 heteroatoms. The quantitative estimate of drug-likeness (QED) is 0.422. The van der Waals surface area contributed by atoms with Crippen molar-refractivity contribution in [3.05, 3.63) is 35.3 Å². The maximum atomic E-state index is 13.4. The smallest absolute Gasteiger partial charge is 0.543 e. The number of fused-ring (bicyclic) bond motifs is 4. The summed E-state index contributed by atoms with van der Waals surface area (Å²) in [4.78, 5) is 30.3. The number of β-lactam (4-membered cyclic amide) rings is 1. The summed E-state index contributed by atoms with van der Waals surface area (Å²) in [7, 11) is 0. The zero-order valence-electron chi connectivity index (χ0n) is 17.3. The second-order valence-electron chi connectivity index (χ2n) is 8.30. The predicted octanol–water partition coefficient (Wildman–Crippen LogP) is -1.51. The summed E-state index contributed by atoms with van der Waals surface area (Å²) < 4.78 is 14.2. The molecule has 2 aromatic rings. The third kappa shape index (κ3) is 3.60. The van der Waals surface area contributed by atoms with E-state index in [4.69, 9.17) is 0 Å². The van der Waals surface area contributed by atoms with Gasteiger partial charge in [-0.25, -0.2) is 9.37 Å². The molecule has 158 valence electrons. The van der Waals surface area contributed by atoms with Gasteiger partial charge in [0.15, 0.2) is 5.13 Å². The molecule has 0 radical (unpaired) electrons. The number of nitrogens with one attached hydrogen (secondary N) is 1. The number of carboxylic acids is 1. The maximum absolute atomic E-state index is 13.4. The number of carboxylic acid groups (broad SMARTS) is 1. The fourth-order valence-corrected chi connectivity index (χ4v) is 6.28. The van der Waals surface area contributed by atoms with E-state index >= 15 is 0 Å². The van der Waals surface area contributed by atoms with Crippen LogP contribution in [-0.2, 0) is 9.59 Å². The minimum atomic E-state index is -1.34. The fourth-order valence-electron chi connectivity index (χ4n) is 5.39. The molecule has 1 saturated heterocycles. The second kappa shape index (κ2) is 8.44. The molecule has 1 amide bonds. The topological polar surface area (TPSA) is 106 Å². The van der Waals surface area contributed by atoms with E-state index in [9.17, 15) is 24.2 Å². The molecule has 2 fully saturated rings. The molecule has 31 heavy (non-hydrogen) atoms. The molecule has 5 atom stereocenters. The molecule has 1 aromatic heterocycles. The number of aliphatic carboxylic acids is 1. The van der Waals surface area contributed by atoms with E-state index in [1.54, 1.807) is 13.0 Å². The predicted molar refractivity (Wildman–Crippen MR) is 107 cm³/mol. The molecule has 1 saturated carbocycles. The third-order valence-corrected chi connectivity index (χ3v) is 7.56. The number of hydrogen-bond donors (Lipinski definition) is 2. The van der Waals surface area contributed by atoms with E-state index < -0.39 is 18.0 Å². The molecule has 7 nitrogen and oxygen atoms in total. The van der Waals surface area contributed by atoms with Crippen molar-refractivity contribution in [1.82, 2.24) is 9.88 Å². The van der Waals surface area contributed by atoms with Crippen LogP contribution in [0.2, 0.25) is 0 Å². The van der Waals surface area contributed by atoms with Gasteiger partial charge in [-0.15, -0.1) is 0 Å². The van der Waals surface area contributed by atoms with Gasteiger partial charge in [-0.2, -0.15) is 0 Å². The van der Waals surface area contributed by atoms with Crippen LogP contribution >= 0.6 is 11.3 Å². The Hall–Kier alpha value is -1.52. The van der Waals surface area contributed by atoms with Crippen LogP contribution in [-0.4, -0.2) is 45.6 Å². The number of nitrogens with zero attached hydrogens (tertiary/aromatic N) is 2. The molecule has 3 aliphatic rings. The van der Waals surface area contributed by atoms with Crippen LogP contribution in [0.25, 0.3) is 10.2 Å². The Kier molecular flexibility index (Phi) is 6.17. The molecule has 2 N–H and O–H groups in total. The zero-order valence-corrected chi connectivity index (χ0v) is 20.1. The minimum absolute atomic E-state index is 0. The molecule has 5 rings (SSSR count). The molecule has 1 aliphatic carbocycles. The van der Waals surface area contributed by atoms with Crippen LogP contribution in [0.3, 0.4) is 0 Å². The number of thiazole rings is 1. The third-order valence-electron chi connectivity index (χ3n) is 6.59. The average molecular weight is 453 g/mol. The van der Waals surface area contributed by atoms with Crippen LogP contribution in [0, 0.1) is 23.6 Å². The number of halogens is 1. The van der Waals surface area contributed by atoms with Gasteiger partial charge in [0.2, 0.25) is 5.91 Å². The molecule has 2 aliphatic heterocycles. The largest absolute Gasteiger partial charge is 1.00 e. The van der Waals surface area contributed by atoms with Gasteiger partial charge in [-0.1, -0.05) is 17.8 Å². The van der Waals surface area contributed by atoms with Crippen molar-refractivity contribution < 1.29 is 53.7 Å². The van der Waals surface area contributed by atoms with Crippen LogP contribution in [0.15, 0.2) is 29.5 Å². The average Bonchev–Trinajstić information content (AvgIpc) is 3.22. The summed E-state index contributed by atoms with van der Waals surface area (Å²) in [6.07, 6.45) is 1.68. The van der Waals surface area contributed by atoms with E-state index in [1.807, 2.05) is 0 Å². The zero-order chi connectivity index (χ0) is 21.2. The monoisotopic (exact) mass is 453 g/mol. The van der Waals surface area contributed by atoms with Gasteiger partial charge >= 0.3 is 29.6 Å². The van der Waals surface area contributed by atoms with Crippen molar-refractivity contribution in [3.8, 4) is 0 Å². The first-order valence-corrected chi connectivity index (χ1v) is 10.9. The summed E-state index contributed by atoms with van der Waals surface area (Å²) in [5.74, 6) is -2.70. The summed E-state index contributed by atoms with van der Waals surface area (Å²) >= 11 is 1.35. The van der Waals surface area contributed by atoms with E-state index in [2.05, 4.69) is 10.3 Å². The van der Waals surface area contributed by atoms with Gasteiger partial charge < -0.3 is 25.2 Å². The SMILES string of the molecule is C[C@@H](O)[C@H]1C(=O)N2C(C(=O)[O-])=C3[C@@H](CNc4nc5ccc(F)cc5s4)CCC[C@@H]3[C@H]12.[Na+]. The van der Waals surface area contributed by atoms with Crippen molar-refractivity contribution >= 4 is 38.6 Å². The van der Waals surface area contributed by atoms with E-state index in [-0.39, 0.29) is 64.9 Å².